The van der Waals surface area contributed by atoms with Gasteiger partial charge in [0.15, 0.2) is 0 Å². The maximum atomic E-state index is 10.4. The molecule has 0 bridgehead atoms. The molecule has 0 aliphatic heterocycles. The van der Waals surface area contributed by atoms with Crippen LogP contribution >= 0.6 is 11.3 Å². The van der Waals surface area contributed by atoms with Gasteiger partial charge in [-0.1, -0.05) is 17.9 Å². The Morgan fingerprint density at radius 1 is 1.78 bits per heavy atom. The Morgan fingerprint density at radius 2 is 2.44 bits per heavy atom. The van der Waals surface area contributed by atoms with E-state index >= 15 is 0 Å². The maximum absolute atomic E-state index is 10.4. The van der Waals surface area contributed by atoms with E-state index in [0.29, 0.717) is 4.88 Å². The highest BCUT2D eigenvalue weighted by Gasteiger charge is 1.99. The monoisotopic (exact) mass is 143 g/mol. The van der Waals surface area contributed by atoms with Gasteiger partial charge in [-0.3, -0.25) is 9.78 Å². The molecule has 1 heterocycles. The SMILES string of the molecule is C=Cc1sc(=O)[nH]c1O. The Bertz CT molecular complexity index is 273. The summed E-state index contributed by atoms with van der Waals surface area (Å²) in [7, 11) is 0. The Labute approximate surface area is 55.3 Å². The normalized spacial score (nSPS) is 9.33. The van der Waals surface area contributed by atoms with Crippen molar-refractivity contribution in [3.05, 3.63) is 21.1 Å². The minimum atomic E-state index is -0.262. The lowest BCUT2D eigenvalue weighted by Gasteiger charge is -1.80. The van der Waals surface area contributed by atoms with Crippen molar-refractivity contribution in [3.63, 3.8) is 0 Å². The van der Waals surface area contributed by atoms with Gasteiger partial charge in [0.25, 0.3) is 0 Å². The highest BCUT2D eigenvalue weighted by atomic mass is 32.1. The predicted octanol–water partition coefficient (Wildman–Crippen LogP) is 0.785. The van der Waals surface area contributed by atoms with E-state index in [-0.39, 0.29) is 10.8 Å². The molecule has 0 amide bonds. The first kappa shape index (κ1) is 6.10. The molecule has 0 aromatic carbocycles. The molecular formula is C5H5NO2S. The van der Waals surface area contributed by atoms with E-state index in [4.69, 9.17) is 5.11 Å². The fraction of sp³-hybridized carbons (Fsp3) is 0. The van der Waals surface area contributed by atoms with Gasteiger partial charge >= 0.3 is 4.87 Å². The highest BCUT2D eigenvalue weighted by molar-refractivity contribution is 7.10. The first-order valence-corrected chi connectivity index (χ1v) is 3.10. The van der Waals surface area contributed by atoms with E-state index in [1.807, 2.05) is 0 Å². The fourth-order valence-electron chi connectivity index (χ4n) is 0.470. The number of rotatable bonds is 1. The first-order valence-electron chi connectivity index (χ1n) is 2.28. The first-order chi connectivity index (χ1) is 4.24. The van der Waals surface area contributed by atoms with Gasteiger partial charge in [0.1, 0.15) is 0 Å². The van der Waals surface area contributed by atoms with Gasteiger partial charge < -0.3 is 5.11 Å². The molecule has 0 atom stereocenters. The number of aromatic nitrogens is 1. The Kier molecular flexibility index (Phi) is 1.40. The van der Waals surface area contributed by atoms with Crippen LogP contribution in [0.2, 0.25) is 0 Å². The minimum Gasteiger partial charge on any atom is -0.493 e. The average molecular weight is 143 g/mol. The van der Waals surface area contributed by atoms with Gasteiger partial charge in [0.05, 0.1) is 4.88 Å². The average Bonchev–Trinajstić information content (AvgIpc) is 2.10. The van der Waals surface area contributed by atoms with E-state index in [1.165, 1.54) is 6.08 Å². The molecule has 0 spiro atoms. The molecule has 2 N–H and O–H groups in total. The summed E-state index contributed by atoms with van der Waals surface area (Å²) < 4.78 is 0. The molecule has 1 aromatic heterocycles. The van der Waals surface area contributed by atoms with Crippen LogP contribution in [0.25, 0.3) is 6.08 Å². The van der Waals surface area contributed by atoms with Crippen molar-refractivity contribution >= 4 is 17.4 Å². The number of hydrogen-bond acceptors (Lipinski definition) is 3. The molecule has 0 radical (unpaired) electrons. The maximum Gasteiger partial charge on any atom is 0.307 e. The van der Waals surface area contributed by atoms with Crippen LogP contribution in [0.4, 0.5) is 0 Å². The third kappa shape index (κ3) is 1.02. The summed E-state index contributed by atoms with van der Waals surface area (Å²) in [6, 6.07) is 0. The van der Waals surface area contributed by atoms with Gasteiger partial charge in [0.2, 0.25) is 5.88 Å². The van der Waals surface area contributed by atoms with Crippen molar-refractivity contribution in [2.75, 3.05) is 0 Å². The zero-order chi connectivity index (χ0) is 6.85. The van der Waals surface area contributed by atoms with Crippen molar-refractivity contribution < 1.29 is 5.11 Å². The van der Waals surface area contributed by atoms with Gasteiger partial charge in [0, 0.05) is 0 Å². The lowest BCUT2D eigenvalue weighted by molar-refractivity contribution is 0.455. The van der Waals surface area contributed by atoms with Crippen LogP contribution in [0.15, 0.2) is 11.4 Å². The van der Waals surface area contributed by atoms with Crippen LogP contribution in [0.1, 0.15) is 4.88 Å². The molecule has 3 nitrogen and oxygen atoms in total. The van der Waals surface area contributed by atoms with Crippen LogP contribution in [0.5, 0.6) is 5.88 Å². The quantitative estimate of drug-likeness (QED) is 0.610. The third-order valence-electron chi connectivity index (χ3n) is 0.842. The second-order valence-corrected chi connectivity index (χ2v) is 2.45. The smallest absolute Gasteiger partial charge is 0.307 e. The van der Waals surface area contributed by atoms with Crippen molar-refractivity contribution in [3.8, 4) is 5.88 Å². The standard InChI is InChI=1S/C5H5NO2S/c1-2-3-4(7)6-5(8)9-3/h2,7H,1H2,(H,6,8). The number of hydrogen-bond donors (Lipinski definition) is 2. The molecule has 1 rings (SSSR count). The molecule has 9 heavy (non-hydrogen) atoms. The summed E-state index contributed by atoms with van der Waals surface area (Å²) >= 11 is 0.935. The van der Waals surface area contributed by atoms with Crippen LogP contribution in [0.3, 0.4) is 0 Å². The van der Waals surface area contributed by atoms with Gasteiger partial charge in [-0.2, -0.15) is 0 Å². The molecule has 1 aromatic rings. The van der Waals surface area contributed by atoms with E-state index in [9.17, 15) is 4.79 Å². The van der Waals surface area contributed by atoms with E-state index in [0.717, 1.165) is 11.3 Å². The summed E-state index contributed by atoms with van der Waals surface area (Å²) in [6.45, 7) is 3.40. The number of nitrogens with one attached hydrogen (secondary N) is 1. The Morgan fingerprint density at radius 3 is 2.67 bits per heavy atom. The molecule has 0 aliphatic carbocycles. The van der Waals surface area contributed by atoms with Crippen molar-refractivity contribution in [2.45, 2.75) is 0 Å². The summed E-state index contributed by atoms with van der Waals surface area (Å²) in [4.78, 5) is 12.9. The summed E-state index contributed by atoms with van der Waals surface area (Å²) in [6.07, 6.45) is 1.43. The second-order valence-electron chi connectivity index (χ2n) is 1.43. The topological polar surface area (TPSA) is 53.1 Å². The molecule has 0 saturated heterocycles. The predicted molar refractivity (Wildman–Crippen MR) is 36.7 cm³/mol. The molecule has 48 valence electrons. The van der Waals surface area contributed by atoms with E-state index in [2.05, 4.69) is 11.6 Å². The highest BCUT2D eigenvalue weighted by Crippen LogP contribution is 2.15. The molecule has 0 aliphatic rings. The van der Waals surface area contributed by atoms with Crippen LogP contribution in [0, 0.1) is 0 Å². The number of aromatic amines is 1. The lowest BCUT2D eigenvalue weighted by Crippen LogP contribution is -1.89. The molecule has 0 fully saturated rings. The second kappa shape index (κ2) is 2.06. The van der Waals surface area contributed by atoms with Crippen LogP contribution in [-0.4, -0.2) is 10.1 Å². The number of thiazole rings is 1. The molecule has 0 saturated carbocycles. The van der Waals surface area contributed by atoms with Gasteiger partial charge in [-0.05, 0) is 6.08 Å². The molecule has 4 heteroatoms. The van der Waals surface area contributed by atoms with Crippen LogP contribution < -0.4 is 4.87 Å². The fourth-order valence-corrected chi connectivity index (χ4v) is 1.05. The van der Waals surface area contributed by atoms with E-state index in [1.54, 1.807) is 0 Å². The van der Waals surface area contributed by atoms with Gasteiger partial charge in [-0.15, -0.1) is 0 Å². The van der Waals surface area contributed by atoms with Crippen molar-refractivity contribution in [2.24, 2.45) is 0 Å². The largest absolute Gasteiger partial charge is 0.493 e. The molecular weight excluding hydrogens is 138 g/mol. The van der Waals surface area contributed by atoms with Gasteiger partial charge in [-0.25, -0.2) is 0 Å². The van der Waals surface area contributed by atoms with Crippen molar-refractivity contribution in [1.82, 2.24) is 4.98 Å². The van der Waals surface area contributed by atoms with Crippen molar-refractivity contribution in [1.29, 1.82) is 0 Å². The summed E-state index contributed by atoms with van der Waals surface area (Å²) in [5.74, 6) is -0.0972. The third-order valence-corrected chi connectivity index (χ3v) is 1.71. The molecule has 0 unspecified atom stereocenters. The minimum absolute atomic E-state index is 0.0972. The summed E-state index contributed by atoms with van der Waals surface area (Å²) in [5, 5.41) is 8.81. The zero-order valence-electron chi connectivity index (χ0n) is 4.55. The van der Waals surface area contributed by atoms with Crippen LogP contribution in [-0.2, 0) is 0 Å². The zero-order valence-corrected chi connectivity index (χ0v) is 5.36. The Hall–Kier alpha value is -1.03. The van der Waals surface area contributed by atoms with E-state index < -0.39 is 0 Å². The Balaban J connectivity index is 3.31. The lowest BCUT2D eigenvalue weighted by atomic mass is 10.5. The number of H-pyrrole nitrogens is 1. The number of aromatic hydroxyl groups is 1. The summed E-state index contributed by atoms with van der Waals surface area (Å²) in [5.41, 5.74) is 0.